The van der Waals surface area contributed by atoms with Crippen molar-refractivity contribution in [1.82, 2.24) is 14.7 Å². The van der Waals surface area contributed by atoms with Gasteiger partial charge in [0.05, 0.1) is 9.92 Å². The van der Waals surface area contributed by atoms with Gasteiger partial charge in [-0.3, -0.25) is 14.5 Å². The van der Waals surface area contributed by atoms with Gasteiger partial charge in [-0.2, -0.15) is 0 Å². The number of rotatable bonds is 4. The predicted octanol–water partition coefficient (Wildman–Crippen LogP) is 3.13. The summed E-state index contributed by atoms with van der Waals surface area (Å²) < 4.78 is 23.6. The minimum absolute atomic E-state index is 0.00133. The largest absolute Gasteiger partial charge is 0.336 e. The SMILES string of the molecule is CS(=O)(=O)c1csc(C(=O)N2CC[C@@H](N3CCN(C(=O)c4ccc(Cl)cc4)CC3)C2)c1Cl. The van der Waals surface area contributed by atoms with Crippen molar-refractivity contribution < 1.29 is 18.0 Å². The first-order valence-corrected chi connectivity index (χ1v) is 13.7. The Morgan fingerprint density at radius 1 is 0.969 bits per heavy atom. The molecule has 3 heterocycles. The van der Waals surface area contributed by atoms with Crippen molar-refractivity contribution >= 4 is 56.2 Å². The van der Waals surface area contributed by atoms with Gasteiger partial charge in [0.15, 0.2) is 9.84 Å². The summed E-state index contributed by atoms with van der Waals surface area (Å²) in [6, 6.07) is 7.12. The molecule has 0 N–H and O–H groups in total. The van der Waals surface area contributed by atoms with Gasteiger partial charge in [0.2, 0.25) is 0 Å². The second-order valence-corrected chi connectivity index (χ2v) is 11.7. The highest BCUT2D eigenvalue weighted by Gasteiger charge is 2.35. The number of likely N-dealkylation sites (tertiary alicyclic amines) is 1. The zero-order valence-electron chi connectivity index (χ0n) is 17.5. The summed E-state index contributed by atoms with van der Waals surface area (Å²) in [7, 11) is -3.47. The van der Waals surface area contributed by atoms with Crippen LogP contribution >= 0.6 is 34.5 Å². The van der Waals surface area contributed by atoms with Crippen molar-refractivity contribution in [2.45, 2.75) is 17.4 Å². The van der Waals surface area contributed by atoms with Crippen LogP contribution in [0.1, 0.15) is 26.5 Å². The van der Waals surface area contributed by atoms with Crippen LogP contribution in [0, 0.1) is 0 Å². The van der Waals surface area contributed by atoms with Crippen LogP contribution in [0.5, 0.6) is 0 Å². The molecule has 0 radical (unpaired) electrons. The number of hydrogen-bond acceptors (Lipinski definition) is 6. The zero-order chi connectivity index (χ0) is 23.0. The number of carbonyl (C=O) groups excluding carboxylic acids is 2. The standard InChI is InChI=1S/C21H23Cl2N3O4S2/c1-32(29,30)17-13-31-19(18(17)23)21(28)26-7-6-16(12-26)24-8-10-25(11-9-24)20(27)14-2-4-15(22)5-3-14/h2-5,13,16H,6-12H2,1H3/t16-/m1/s1. The van der Waals surface area contributed by atoms with Gasteiger partial charge in [-0.15, -0.1) is 11.3 Å². The molecule has 32 heavy (non-hydrogen) atoms. The van der Waals surface area contributed by atoms with E-state index in [1.807, 2.05) is 4.90 Å². The molecule has 2 aliphatic heterocycles. The van der Waals surface area contributed by atoms with E-state index in [-0.39, 0.29) is 32.7 Å². The van der Waals surface area contributed by atoms with Crippen molar-refractivity contribution in [2.24, 2.45) is 0 Å². The lowest BCUT2D eigenvalue weighted by Crippen LogP contribution is -2.52. The van der Waals surface area contributed by atoms with Crippen LogP contribution < -0.4 is 0 Å². The van der Waals surface area contributed by atoms with E-state index in [2.05, 4.69) is 4.90 Å². The Morgan fingerprint density at radius 2 is 1.62 bits per heavy atom. The normalized spacial score (nSPS) is 20.0. The van der Waals surface area contributed by atoms with Gasteiger partial charge in [-0.1, -0.05) is 23.2 Å². The number of piperazine rings is 1. The van der Waals surface area contributed by atoms with Gasteiger partial charge in [0.1, 0.15) is 4.88 Å². The quantitative estimate of drug-likeness (QED) is 0.624. The number of hydrogen-bond donors (Lipinski definition) is 0. The lowest BCUT2D eigenvalue weighted by Gasteiger charge is -2.38. The molecule has 2 saturated heterocycles. The summed E-state index contributed by atoms with van der Waals surface area (Å²) in [5.74, 6) is -0.229. The molecule has 2 amide bonds. The highest BCUT2D eigenvalue weighted by molar-refractivity contribution is 7.91. The smallest absolute Gasteiger partial charge is 0.265 e. The van der Waals surface area contributed by atoms with Crippen molar-refractivity contribution in [3.63, 3.8) is 0 Å². The minimum Gasteiger partial charge on any atom is -0.336 e. The van der Waals surface area contributed by atoms with Crippen molar-refractivity contribution in [3.8, 4) is 0 Å². The first-order chi connectivity index (χ1) is 15.1. The molecular formula is C21H23Cl2N3O4S2. The molecule has 2 aliphatic rings. The number of benzene rings is 1. The maximum absolute atomic E-state index is 12.9. The summed E-state index contributed by atoms with van der Waals surface area (Å²) in [5, 5.41) is 2.04. The number of carbonyl (C=O) groups is 2. The Morgan fingerprint density at radius 3 is 2.22 bits per heavy atom. The first kappa shape index (κ1) is 23.5. The number of halogens is 2. The van der Waals surface area contributed by atoms with E-state index in [0.717, 1.165) is 37.1 Å². The highest BCUT2D eigenvalue weighted by Crippen LogP contribution is 2.33. The van der Waals surface area contributed by atoms with Gasteiger partial charge >= 0.3 is 0 Å². The molecular weight excluding hydrogens is 493 g/mol. The molecule has 2 fully saturated rings. The molecule has 4 rings (SSSR count). The molecule has 1 atom stereocenters. The van der Waals surface area contributed by atoms with E-state index in [1.54, 1.807) is 29.2 Å². The molecule has 0 unspecified atom stereocenters. The monoisotopic (exact) mass is 515 g/mol. The summed E-state index contributed by atoms with van der Waals surface area (Å²) in [4.78, 5) is 31.8. The van der Waals surface area contributed by atoms with E-state index < -0.39 is 9.84 Å². The number of sulfone groups is 1. The van der Waals surface area contributed by atoms with Gasteiger partial charge in [-0.25, -0.2) is 8.42 Å². The third-order valence-corrected chi connectivity index (χ3v) is 9.06. The van der Waals surface area contributed by atoms with Crippen molar-refractivity contribution in [1.29, 1.82) is 0 Å². The Labute approximate surface area is 201 Å². The summed E-state index contributed by atoms with van der Waals surface area (Å²) in [6.07, 6.45) is 1.91. The molecule has 0 aliphatic carbocycles. The third kappa shape index (κ3) is 4.82. The molecule has 0 saturated carbocycles. The summed E-state index contributed by atoms with van der Waals surface area (Å²) in [6.45, 7) is 3.89. The Bertz CT molecular complexity index is 1130. The van der Waals surface area contributed by atoms with Crippen LogP contribution in [-0.2, 0) is 9.84 Å². The van der Waals surface area contributed by atoms with Crippen LogP contribution in [-0.4, -0.2) is 86.5 Å². The van der Waals surface area contributed by atoms with Gasteiger partial charge < -0.3 is 9.80 Å². The van der Waals surface area contributed by atoms with Crippen LogP contribution in [0.15, 0.2) is 34.5 Å². The number of amides is 2. The second kappa shape index (κ2) is 9.30. The molecule has 7 nitrogen and oxygen atoms in total. The molecule has 0 bridgehead atoms. The Balaban J connectivity index is 1.34. The average Bonchev–Trinajstić information content (AvgIpc) is 3.40. The molecule has 0 spiro atoms. The average molecular weight is 516 g/mol. The molecule has 1 aromatic heterocycles. The number of thiophene rings is 1. The Hall–Kier alpha value is -1.65. The fourth-order valence-electron chi connectivity index (χ4n) is 4.16. The number of nitrogens with zero attached hydrogens (tertiary/aromatic N) is 3. The Kier molecular flexibility index (Phi) is 6.84. The van der Waals surface area contributed by atoms with Crippen LogP contribution in [0.4, 0.5) is 0 Å². The maximum Gasteiger partial charge on any atom is 0.265 e. The van der Waals surface area contributed by atoms with Crippen molar-refractivity contribution in [2.75, 3.05) is 45.5 Å². The lowest BCUT2D eigenvalue weighted by atomic mass is 10.1. The molecule has 2 aromatic rings. The van der Waals surface area contributed by atoms with E-state index in [4.69, 9.17) is 23.2 Å². The topological polar surface area (TPSA) is 78.0 Å². The van der Waals surface area contributed by atoms with Gasteiger partial charge in [0.25, 0.3) is 11.8 Å². The third-order valence-electron chi connectivity index (χ3n) is 5.95. The van der Waals surface area contributed by atoms with E-state index in [0.29, 0.717) is 36.8 Å². The predicted molar refractivity (Wildman–Crippen MR) is 126 cm³/mol. The van der Waals surface area contributed by atoms with Gasteiger partial charge in [0, 0.05) is 67.5 Å². The fraction of sp³-hybridized carbons (Fsp3) is 0.429. The highest BCUT2D eigenvalue weighted by atomic mass is 35.5. The second-order valence-electron chi connectivity index (χ2n) is 8.04. The molecule has 172 valence electrons. The molecule has 1 aromatic carbocycles. The summed E-state index contributed by atoms with van der Waals surface area (Å²) >= 11 is 13.2. The van der Waals surface area contributed by atoms with Crippen molar-refractivity contribution in [3.05, 3.63) is 50.1 Å². The van der Waals surface area contributed by atoms with E-state index in [1.165, 1.54) is 5.38 Å². The minimum atomic E-state index is -3.47. The van der Waals surface area contributed by atoms with E-state index in [9.17, 15) is 18.0 Å². The van der Waals surface area contributed by atoms with Crippen LogP contribution in [0.25, 0.3) is 0 Å². The lowest BCUT2D eigenvalue weighted by molar-refractivity contribution is 0.0569. The molecule has 11 heteroatoms. The van der Waals surface area contributed by atoms with Gasteiger partial charge in [-0.05, 0) is 30.7 Å². The summed E-state index contributed by atoms with van der Waals surface area (Å²) in [5.41, 5.74) is 0.627. The maximum atomic E-state index is 12.9. The van der Waals surface area contributed by atoms with E-state index >= 15 is 0 Å². The van der Waals surface area contributed by atoms with Crippen LogP contribution in [0.3, 0.4) is 0 Å². The first-order valence-electron chi connectivity index (χ1n) is 10.2. The fourth-order valence-corrected chi connectivity index (χ4v) is 7.16. The van der Waals surface area contributed by atoms with Crippen LogP contribution in [0.2, 0.25) is 10.0 Å². The zero-order valence-corrected chi connectivity index (χ0v) is 20.6.